The van der Waals surface area contributed by atoms with Crippen LogP contribution in [0.2, 0.25) is 0 Å². The molecule has 7 heteroatoms. The molecule has 0 heterocycles. The van der Waals surface area contributed by atoms with Gasteiger partial charge < -0.3 is 14.8 Å². The Kier molecular flexibility index (Phi) is 6.88. The average Bonchev–Trinajstić information content (AvgIpc) is 2.47. The second-order valence-corrected chi connectivity index (χ2v) is 4.56. The number of urea groups is 1. The molecule has 0 saturated carbocycles. The summed E-state index contributed by atoms with van der Waals surface area (Å²) < 4.78 is 10.1. The second kappa shape index (κ2) is 8.66. The zero-order valence-electron chi connectivity index (χ0n) is 12.9. The van der Waals surface area contributed by atoms with Crippen molar-refractivity contribution in [2.24, 2.45) is 0 Å². The quantitative estimate of drug-likeness (QED) is 0.767. The fourth-order valence-electron chi connectivity index (χ4n) is 1.57. The lowest BCUT2D eigenvalue weighted by Crippen LogP contribution is -2.41. The number of benzene rings is 1. The molecule has 0 bridgehead atoms. The predicted octanol–water partition coefficient (Wildman–Crippen LogP) is 1.07. The summed E-state index contributed by atoms with van der Waals surface area (Å²) >= 11 is 0. The summed E-state index contributed by atoms with van der Waals surface area (Å²) in [6.07, 6.45) is 0. The van der Waals surface area contributed by atoms with Gasteiger partial charge in [0, 0.05) is 6.54 Å². The van der Waals surface area contributed by atoms with Gasteiger partial charge >= 0.3 is 12.0 Å². The smallest absolute Gasteiger partial charge is 0.344 e. The van der Waals surface area contributed by atoms with Gasteiger partial charge in [0.05, 0.1) is 0 Å². The maximum Gasteiger partial charge on any atom is 0.344 e. The Morgan fingerprint density at radius 3 is 2.55 bits per heavy atom. The summed E-state index contributed by atoms with van der Waals surface area (Å²) in [5.41, 5.74) is 1.98. The van der Waals surface area contributed by atoms with Crippen LogP contribution >= 0.6 is 0 Å². The van der Waals surface area contributed by atoms with Gasteiger partial charge in [0.1, 0.15) is 5.75 Å². The first-order chi connectivity index (χ1) is 10.4. The summed E-state index contributed by atoms with van der Waals surface area (Å²) in [5, 5.41) is 4.41. The number of rotatable bonds is 6. The summed E-state index contributed by atoms with van der Waals surface area (Å²) in [4.78, 5) is 33.9. The van der Waals surface area contributed by atoms with Gasteiger partial charge in [0.2, 0.25) is 0 Å². The van der Waals surface area contributed by atoms with Crippen molar-refractivity contribution in [3.8, 4) is 5.75 Å². The molecule has 0 atom stereocenters. The molecular weight excluding hydrogens is 288 g/mol. The van der Waals surface area contributed by atoms with Crippen LogP contribution < -0.4 is 15.4 Å². The average molecular weight is 308 g/mol. The summed E-state index contributed by atoms with van der Waals surface area (Å²) in [6.45, 7) is 5.09. The fourth-order valence-corrected chi connectivity index (χ4v) is 1.57. The molecule has 0 radical (unpaired) electrons. The van der Waals surface area contributed by atoms with Gasteiger partial charge in [-0.25, -0.2) is 9.59 Å². The van der Waals surface area contributed by atoms with Crippen molar-refractivity contribution in [3.05, 3.63) is 29.3 Å². The summed E-state index contributed by atoms with van der Waals surface area (Å²) in [5.74, 6) is -0.804. The first-order valence-electron chi connectivity index (χ1n) is 6.86. The molecule has 120 valence electrons. The van der Waals surface area contributed by atoms with Crippen molar-refractivity contribution in [1.82, 2.24) is 10.6 Å². The largest absolute Gasteiger partial charge is 0.482 e. The lowest BCUT2D eigenvalue weighted by Gasteiger charge is -2.10. The third-order valence-corrected chi connectivity index (χ3v) is 2.85. The van der Waals surface area contributed by atoms with Crippen molar-refractivity contribution in [3.63, 3.8) is 0 Å². The first-order valence-corrected chi connectivity index (χ1v) is 6.86. The van der Waals surface area contributed by atoms with Gasteiger partial charge in [-0.1, -0.05) is 12.1 Å². The minimum absolute atomic E-state index is 0.307. The minimum atomic E-state index is -0.703. The Morgan fingerprint density at radius 2 is 1.86 bits per heavy atom. The molecule has 0 fully saturated rings. The van der Waals surface area contributed by atoms with Crippen LogP contribution in [0, 0.1) is 13.8 Å². The van der Waals surface area contributed by atoms with E-state index in [1.165, 1.54) is 0 Å². The van der Waals surface area contributed by atoms with E-state index >= 15 is 0 Å². The first kappa shape index (κ1) is 17.5. The molecule has 0 aliphatic rings. The lowest BCUT2D eigenvalue weighted by molar-refractivity contribution is -0.150. The van der Waals surface area contributed by atoms with Crippen molar-refractivity contribution >= 4 is 17.9 Å². The van der Waals surface area contributed by atoms with E-state index in [9.17, 15) is 14.4 Å². The number of amides is 3. The van der Waals surface area contributed by atoms with E-state index in [0.29, 0.717) is 12.3 Å². The number of hydrogen-bond donors (Lipinski definition) is 2. The van der Waals surface area contributed by atoms with E-state index in [-0.39, 0.29) is 6.61 Å². The van der Waals surface area contributed by atoms with E-state index in [1.54, 1.807) is 13.0 Å². The minimum Gasteiger partial charge on any atom is -0.482 e. The number of esters is 1. The zero-order chi connectivity index (χ0) is 16.5. The van der Waals surface area contributed by atoms with Crippen molar-refractivity contribution in [1.29, 1.82) is 0 Å². The molecule has 7 nitrogen and oxygen atoms in total. The molecule has 22 heavy (non-hydrogen) atoms. The van der Waals surface area contributed by atoms with Crippen LogP contribution in [-0.2, 0) is 14.3 Å². The highest BCUT2D eigenvalue weighted by Crippen LogP contribution is 2.20. The van der Waals surface area contributed by atoms with Gasteiger partial charge in [-0.2, -0.15) is 0 Å². The van der Waals surface area contributed by atoms with E-state index < -0.39 is 24.5 Å². The standard InChI is InChI=1S/C15H20N2O5/c1-4-16-15(20)17-13(18)8-22-14(19)9-21-12-7-5-6-10(2)11(12)3/h5-7H,4,8-9H2,1-3H3,(H2,16,17,18,20). The van der Waals surface area contributed by atoms with Gasteiger partial charge in [0.15, 0.2) is 13.2 Å². The van der Waals surface area contributed by atoms with E-state index in [0.717, 1.165) is 11.1 Å². The second-order valence-electron chi connectivity index (χ2n) is 4.56. The highest BCUT2D eigenvalue weighted by atomic mass is 16.6. The summed E-state index contributed by atoms with van der Waals surface area (Å²) in [6, 6.07) is 4.88. The molecule has 1 aromatic carbocycles. The normalized spacial score (nSPS) is 9.77. The van der Waals surface area contributed by atoms with Crippen LogP contribution in [-0.4, -0.2) is 37.7 Å². The van der Waals surface area contributed by atoms with Crippen LogP contribution in [0.3, 0.4) is 0 Å². The monoisotopic (exact) mass is 308 g/mol. The van der Waals surface area contributed by atoms with Gasteiger partial charge in [-0.05, 0) is 38.0 Å². The Morgan fingerprint density at radius 1 is 1.14 bits per heavy atom. The third-order valence-electron chi connectivity index (χ3n) is 2.85. The van der Waals surface area contributed by atoms with Gasteiger partial charge in [-0.3, -0.25) is 10.1 Å². The molecular formula is C15H20N2O5. The Hall–Kier alpha value is -2.57. The number of nitrogens with one attached hydrogen (secondary N) is 2. The number of carbonyl (C=O) groups is 3. The predicted molar refractivity (Wildman–Crippen MR) is 79.6 cm³/mol. The molecule has 1 aromatic rings. The van der Waals surface area contributed by atoms with Crippen LogP contribution in [0.25, 0.3) is 0 Å². The van der Waals surface area contributed by atoms with E-state index in [2.05, 4.69) is 5.32 Å². The maximum atomic E-state index is 11.5. The van der Waals surface area contributed by atoms with Crippen LogP contribution in [0.1, 0.15) is 18.1 Å². The molecule has 3 amide bonds. The number of imide groups is 1. The van der Waals surface area contributed by atoms with Gasteiger partial charge in [0.25, 0.3) is 5.91 Å². The maximum absolute atomic E-state index is 11.5. The Balaban J connectivity index is 2.33. The number of hydrogen-bond acceptors (Lipinski definition) is 5. The molecule has 2 N–H and O–H groups in total. The molecule has 0 unspecified atom stereocenters. The fraction of sp³-hybridized carbons (Fsp3) is 0.400. The Labute approximate surface area is 129 Å². The number of carbonyl (C=O) groups excluding carboxylic acids is 3. The van der Waals surface area contributed by atoms with Crippen molar-refractivity contribution in [2.45, 2.75) is 20.8 Å². The molecule has 0 saturated heterocycles. The van der Waals surface area contributed by atoms with Crippen molar-refractivity contribution in [2.75, 3.05) is 19.8 Å². The van der Waals surface area contributed by atoms with Crippen LogP contribution in [0.5, 0.6) is 5.75 Å². The molecule has 0 aromatic heterocycles. The zero-order valence-corrected chi connectivity index (χ0v) is 12.9. The number of ether oxygens (including phenoxy) is 2. The van der Waals surface area contributed by atoms with E-state index in [1.807, 2.05) is 31.3 Å². The number of aryl methyl sites for hydroxylation is 1. The van der Waals surface area contributed by atoms with Crippen molar-refractivity contribution < 1.29 is 23.9 Å². The van der Waals surface area contributed by atoms with Gasteiger partial charge in [-0.15, -0.1) is 0 Å². The van der Waals surface area contributed by atoms with E-state index in [4.69, 9.17) is 9.47 Å². The summed E-state index contributed by atoms with van der Waals surface area (Å²) in [7, 11) is 0. The SMILES string of the molecule is CCNC(=O)NC(=O)COC(=O)COc1cccc(C)c1C. The lowest BCUT2D eigenvalue weighted by atomic mass is 10.1. The van der Waals surface area contributed by atoms with Crippen LogP contribution in [0.15, 0.2) is 18.2 Å². The Bertz CT molecular complexity index is 557. The molecule has 0 aliphatic carbocycles. The molecule has 0 aliphatic heterocycles. The molecule has 0 spiro atoms. The van der Waals surface area contributed by atoms with Crippen LogP contribution in [0.4, 0.5) is 4.79 Å². The topological polar surface area (TPSA) is 93.7 Å². The highest BCUT2D eigenvalue weighted by molar-refractivity contribution is 5.95. The third kappa shape index (κ3) is 5.82. The highest BCUT2D eigenvalue weighted by Gasteiger charge is 2.11. The molecule has 1 rings (SSSR count).